The van der Waals surface area contributed by atoms with Crippen molar-refractivity contribution in [3.8, 4) is 0 Å². The second-order valence-corrected chi connectivity index (χ2v) is 3.73. The highest BCUT2D eigenvalue weighted by atomic mass is 35.5. The number of ether oxygens (including phenoxy) is 1. The van der Waals surface area contributed by atoms with Gasteiger partial charge in [0.15, 0.2) is 0 Å². The van der Waals surface area contributed by atoms with Crippen molar-refractivity contribution in [3.05, 3.63) is 10.0 Å². The zero-order valence-corrected chi connectivity index (χ0v) is 8.49. The summed E-state index contributed by atoms with van der Waals surface area (Å²) in [5.41, 5.74) is 0. The fraction of sp³-hybridized carbons (Fsp3) is 0.714. The van der Waals surface area contributed by atoms with Crippen LogP contribution >= 0.6 is 22.9 Å². The molecule has 0 radical (unpaired) electrons. The van der Waals surface area contributed by atoms with Gasteiger partial charge in [-0.25, -0.2) is 0 Å². The van der Waals surface area contributed by atoms with E-state index in [2.05, 4.69) is 10.2 Å². The van der Waals surface area contributed by atoms with Gasteiger partial charge in [0.1, 0.15) is 10.0 Å². The summed E-state index contributed by atoms with van der Waals surface area (Å²) in [5, 5.41) is 9.83. The van der Waals surface area contributed by atoms with Crippen molar-refractivity contribution < 1.29 is 4.74 Å². The number of hydrogen-bond acceptors (Lipinski definition) is 4. The number of methoxy groups -OCH3 is 1. The molecular formula is C7H11ClN2OS. The molecule has 0 saturated carbocycles. The molecule has 1 heterocycles. The summed E-state index contributed by atoms with van der Waals surface area (Å²) in [6, 6.07) is 0. The van der Waals surface area contributed by atoms with Crippen LogP contribution in [0.1, 0.15) is 16.4 Å². The first-order chi connectivity index (χ1) is 5.86. The smallest absolute Gasteiger partial charge is 0.132 e. The number of aromatic nitrogens is 2. The number of hydrogen-bond donors (Lipinski definition) is 0. The summed E-state index contributed by atoms with van der Waals surface area (Å²) in [6.07, 6.45) is 1.93. The molecule has 68 valence electrons. The van der Waals surface area contributed by atoms with Gasteiger partial charge < -0.3 is 4.74 Å². The molecule has 0 unspecified atom stereocenters. The third kappa shape index (κ3) is 3.05. The molecule has 3 nitrogen and oxygen atoms in total. The van der Waals surface area contributed by atoms with E-state index in [0.29, 0.717) is 5.88 Å². The predicted octanol–water partition coefficient (Wildman–Crippen LogP) is 1.86. The zero-order chi connectivity index (χ0) is 8.81. The van der Waals surface area contributed by atoms with Crippen LogP contribution in [0, 0.1) is 0 Å². The molecule has 0 amide bonds. The lowest BCUT2D eigenvalue weighted by Gasteiger charge is -1.93. The van der Waals surface area contributed by atoms with E-state index in [9.17, 15) is 0 Å². The fourth-order valence-corrected chi connectivity index (χ4v) is 1.76. The Morgan fingerprint density at radius 2 is 2.17 bits per heavy atom. The standard InChI is InChI=1S/C7H11ClN2OS/c1-11-4-2-3-6-9-10-7(5-8)12-6/h2-5H2,1H3. The van der Waals surface area contributed by atoms with E-state index >= 15 is 0 Å². The van der Waals surface area contributed by atoms with Gasteiger partial charge in [0.25, 0.3) is 0 Å². The minimum absolute atomic E-state index is 0.460. The van der Waals surface area contributed by atoms with Crippen LogP contribution in [0.15, 0.2) is 0 Å². The van der Waals surface area contributed by atoms with Gasteiger partial charge >= 0.3 is 0 Å². The molecule has 1 aromatic rings. The molecule has 0 fully saturated rings. The molecule has 0 bridgehead atoms. The first-order valence-corrected chi connectivity index (χ1v) is 5.08. The first-order valence-electron chi connectivity index (χ1n) is 3.73. The third-order valence-electron chi connectivity index (χ3n) is 1.36. The molecule has 5 heteroatoms. The van der Waals surface area contributed by atoms with E-state index < -0.39 is 0 Å². The highest BCUT2D eigenvalue weighted by Crippen LogP contribution is 2.13. The topological polar surface area (TPSA) is 35.0 Å². The van der Waals surface area contributed by atoms with E-state index in [0.717, 1.165) is 29.5 Å². The lowest BCUT2D eigenvalue weighted by molar-refractivity contribution is 0.195. The van der Waals surface area contributed by atoms with Gasteiger partial charge in [-0.3, -0.25) is 0 Å². The van der Waals surface area contributed by atoms with Gasteiger partial charge in [0.05, 0.1) is 5.88 Å². The Hall–Kier alpha value is -0.190. The summed E-state index contributed by atoms with van der Waals surface area (Å²) >= 11 is 7.16. The van der Waals surface area contributed by atoms with E-state index in [1.165, 1.54) is 0 Å². The molecule has 1 aromatic heterocycles. The monoisotopic (exact) mass is 206 g/mol. The maximum Gasteiger partial charge on any atom is 0.132 e. The zero-order valence-electron chi connectivity index (χ0n) is 6.92. The summed E-state index contributed by atoms with van der Waals surface area (Å²) in [6.45, 7) is 0.774. The Labute approximate surface area is 80.7 Å². The van der Waals surface area contributed by atoms with Crippen molar-refractivity contribution in [3.63, 3.8) is 0 Å². The molecule has 0 aliphatic heterocycles. The molecule has 0 spiro atoms. The van der Waals surface area contributed by atoms with Crippen LogP contribution in [0.5, 0.6) is 0 Å². The van der Waals surface area contributed by atoms with Crippen molar-refractivity contribution in [1.82, 2.24) is 10.2 Å². The Morgan fingerprint density at radius 1 is 1.42 bits per heavy atom. The van der Waals surface area contributed by atoms with Crippen molar-refractivity contribution in [2.45, 2.75) is 18.7 Å². The lowest BCUT2D eigenvalue weighted by atomic mass is 10.3. The molecule has 12 heavy (non-hydrogen) atoms. The molecule has 0 atom stereocenters. The second-order valence-electron chi connectivity index (χ2n) is 2.32. The summed E-state index contributed by atoms with van der Waals surface area (Å²) < 4.78 is 4.93. The van der Waals surface area contributed by atoms with Crippen LogP contribution in [0.25, 0.3) is 0 Å². The first kappa shape index (κ1) is 9.89. The Kier molecular flexibility index (Phi) is 4.50. The van der Waals surface area contributed by atoms with E-state index in [1.807, 2.05) is 0 Å². The molecular weight excluding hydrogens is 196 g/mol. The Morgan fingerprint density at radius 3 is 2.75 bits per heavy atom. The van der Waals surface area contributed by atoms with Gasteiger partial charge in [0.2, 0.25) is 0 Å². The highest BCUT2D eigenvalue weighted by molar-refractivity contribution is 7.11. The largest absolute Gasteiger partial charge is 0.385 e. The average molecular weight is 207 g/mol. The van der Waals surface area contributed by atoms with E-state index in [4.69, 9.17) is 16.3 Å². The normalized spacial score (nSPS) is 10.5. The van der Waals surface area contributed by atoms with E-state index in [-0.39, 0.29) is 0 Å². The summed E-state index contributed by atoms with van der Waals surface area (Å²) in [7, 11) is 1.70. The molecule has 0 aliphatic carbocycles. The van der Waals surface area contributed by atoms with Crippen LogP contribution < -0.4 is 0 Å². The van der Waals surface area contributed by atoms with Gasteiger partial charge in [-0.05, 0) is 6.42 Å². The Bertz CT molecular complexity index is 229. The van der Waals surface area contributed by atoms with Crippen molar-refractivity contribution in [2.75, 3.05) is 13.7 Å². The van der Waals surface area contributed by atoms with Crippen molar-refractivity contribution >= 4 is 22.9 Å². The molecule has 0 saturated heterocycles. The quantitative estimate of drug-likeness (QED) is 0.545. The van der Waals surface area contributed by atoms with Gasteiger partial charge in [-0.1, -0.05) is 0 Å². The minimum Gasteiger partial charge on any atom is -0.385 e. The number of nitrogens with zero attached hydrogens (tertiary/aromatic N) is 2. The minimum atomic E-state index is 0.460. The Balaban J connectivity index is 2.31. The molecule has 0 aromatic carbocycles. The maximum atomic E-state index is 5.58. The van der Waals surface area contributed by atoms with Crippen LogP contribution in [-0.2, 0) is 17.0 Å². The van der Waals surface area contributed by atoms with Crippen LogP contribution in [-0.4, -0.2) is 23.9 Å². The van der Waals surface area contributed by atoms with Crippen molar-refractivity contribution in [2.24, 2.45) is 0 Å². The third-order valence-corrected chi connectivity index (χ3v) is 2.76. The molecule has 0 N–H and O–H groups in total. The SMILES string of the molecule is COCCCc1nnc(CCl)s1. The highest BCUT2D eigenvalue weighted by Gasteiger charge is 2.01. The predicted molar refractivity (Wildman–Crippen MR) is 49.7 cm³/mol. The molecule has 1 rings (SSSR count). The number of alkyl halides is 1. The van der Waals surface area contributed by atoms with Crippen LogP contribution in [0.2, 0.25) is 0 Å². The van der Waals surface area contributed by atoms with E-state index in [1.54, 1.807) is 18.4 Å². The number of aryl methyl sites for hydroxylation is 1. The van der Waals surface area contributed by atoms with Crippen LogP contribution in [0.3, 0.4) is 0 Å². The van der Waals surface area contributed by atoms with Gasteiger partial charge in [-0.15, -0.1) is 33.1 Å². The average Bonchev–Trinajstić information content (AvgIpc) is 2.53. The van der Waals surface area contributed by atoms with Gasteiger partial charge in [0, 0.05) is 20.1 Å². The second kappa shape index (κ2) is 5.45. The maximum absolute atomic E-state index is 5.58. The van der Waals surface area contributed by atoms with Crippen molar-refractivity contribution in [1.29, 1.82) is 0 Å². The van der Waals surface area contributed by atoms with Crippen LogP contribution in [0.4, 0.5) is 0 Å². The number of halogens is 1. The van der Waals surface area contributed by atoms with Gasteiger partial charge in [-0.2, -0.15) is 0 Å². The fourth-order valence-electron chi connectivity index (χ4n) is 0.811. The molecule has 0 aliphatic rings. The lowest BCUT2D eigenvalue weighted by Crippen LogP contribution is -1.91. The summed E-state index contributed by atoms with van der Waals surface area (Å²) in [4.78, 5) is 0. The number of rotatable bonds is 5. The summed E-state index contributed by atoms with van der Waals surface area (Å²) in [5.74, 6) is 0.460.